The Morgan fingerprint density at radius 3 is 2.43 bits per heavy atom. The number of amides is 2. The number of carbonyl (C=O) groups excluding carboxylic acids is 2. The Morgan fingerprint density at radius 2 is 1.74 bits per heavy atom. The lowest BCUT2D eigenvalue weighted by atomic mass is 9.92. The van der Waals surface area contributed by atoms with Crippen molar-refractivity contribution in [2.45, 2.75) is 58.1 Å². The van der Waals surface area contributed by atoms with Crippen LogP contribution >= 0.6 is 11.6 Å². The van der Waals surface area contributed by atoms with Gasteiger partial charge in [-0.05, 0) is 66.3 Å². The van der Waals surface area contributed by atoms with Crippen LogP contribution in [0.25, 0.3) is 0 Å². The number of hydrogen-bond acceptors (Lipinski definition) is 13. The van der Waals surface area contributed by atoms with Gasteiger partial charge >= 0.3 is 24.1 Å². The van der Waals surface area contributed by atoms with Gasteiger partial charge in [0.25, 0.3) is 5.91 Å². The van der Waals surface area contributed by atoms with E-state index in [1.54, 1.807) is 24.3 Å². The van der Waals surface area contributed by atoms with Crippen molar-refractivity contribution < 1.29 is 45.8 Å². The first-order chi connectivity index (χ1) is 27.6. The molecular weight excluding hydrogens is 787 g/mol. The van der Waals surface area contributed by atoms with Crippen LogP contribution in [0.15, 0.2) is 86.0 Å². The molecular formula is C39H41ClF3N7O8. The summed E-state index contributed by atoms with van der Waals surface area (Å²) >= 11 is 6.71. The van der Waals surface area contributed by atoms with Crippen LogP contribution in [0.2, 0.25) is 0 Å². The largest absolute Gasteiger partial charge is 0.519 e. The summed E-state index contributed by atoms with van der Waals surface area (Å²) in [6.07, 6.45) is 0.367. The number of aromatic nitrogens is 3. The number of nitrogens with zero attached hydrogens (tertiary/aromatic N) is 4. The molecule has 6 heterocycles. The number of rotatable bonds is 5. The first kappa shape index (κ1) is 41.7. The summed E-state index contributed by atoms with van der Waals surface area (Å²) < 4.78 is 66.3. The van der Waals surface area contributed by atoms with E-state index in [0.29, 0.717) is 23.2 Å². The molecule has 0 saturated carbocycles. The Morgan fingerprint density at radius 1 is 1.00 bits per heavy atom. The molecule has 2 amide bonds. The molecule has 5 aliphatic rings. The molecule has 3 N–H and O–H groups in total. The Labute approximate surface area is 335 Å². The molecule has 58 heavy (non-hydrogen) atoms. The summed E-state index contributed by atoms with van der Waals surface area (Å²) in [4.78, 5) is 52.7. The maximum atomic E-state index is 13.3. The standard InChI is InChI=1S/C39H41ClF3N7O8/c1-23-31(58-37(53)57-23)20-56-36(52)50-15-4-16-54-30-14-7-25(17-29(30)40)18-44-33-47-34(46-28-12-8-26(9-13-28)32(51)45-21-38(2,3)22-50)49-35(48-33)55-19-24-5-10-27(11-6-24)39(41,42)43/h5-14,17,29-30H,4,15-16,18-22H2,1-3H3,(H,45,51)(H2,44,46,47,48,49). The number of hydrogen-bond donors (Lipinski definition) is 3. The third kappa shape index (κ3) is 11.6. The number of carbonyl (C=O) groups is 2. The summed E-state index contributed by atoms with van der Waals surface area (Å²) in [7, 11) is 0. The van der Waals surface area contributed by atoms with Crippen molar-refractivity contribution in [3.05, 3.63) is 111 Å². The van der Waals surface area contributed by atoms with Gasteiger partial charge in [-0.2, -0.15) is 28.1 Å². The van der Waals surface area contributed by atoms with Gasteiger partial charge in [-0.15, -0.1) is 11.6 Å². The van der Waals surface area contributed by atoms with Crippen LogP contribution in [0.3, 0.4) is 0 Å². The Balaban J connectivity index is 1.19. The maximum absolute atomic E-state index is 13.3. The van der Waals surface area contributed by atoms with Crippen molar-refractivity contribution in [3.8, 4) is 6.01 Å². The van der Waals surface area contributed by atoms with E-state index in [-0.39, 0.29) is 81.3 Å². The number of halogens is 4. The second-order valence-electron chi connectivity index (χ2n) is 14.3. The minimum absolute atomic E-state index is 0.0926. The summed E-state index contributed by atoms with van der Waals surface area (Å²) in [5, 5.41) is 8.62. The fourth-order valence-electron chi connectivity index (χ4n) is 5.88. The Bertz CT molecular complexity index is 2190. The van der Waals surface area contributed by atoms with Crippen molar-refractivity contribution in [2.24, 2.45) is 5.41 Å². The second-order valence-corrected chi connectivity index (χ2v) is 14.8. The number of alkyl halides is 4. The predicted octanol–water partition coefficient (Wildman–Crippen LogP) is 6.77. The van der Waals surface area contributed by atoms with E-state index in [4.69, 9.17) is 34.6 Å². The van der Waals surface area contributed by atoms with Gasteiger partial charge < -0.3 is 43.9 Å². The minimum atomic E-state index is -4.46. The lowest BCUT2D eigenvalue weighted by molar-refractivity contribution is -0.137. The highest BCUT2D eigenvalue weighted by atomic mass is 35.5. The topological polar surface area (TPSA) is 183 Å². The predicted molar refractivity (Wildman–Crippen MR) is 205 cm³/mol. The second kappa shape index (κ2) is 18.1. The fourth-order valence-corrected chi connectivity index (χ4v) is 6.20. The number of nitrogens with one attached hydrogen (secondary N) is 3. The first-order valence-corrected chi connectivity index (χ1v) is 18.6. The normalized spacial score (nSPS) is 19.0. The lowest BCUT2D eigenvalue weighted by Gasteiger charge is -2.32. The molecule has 15 nitrogen and oxygen atoms in total. The molecule has 2 aromatic carbocycles. The zero-order valence-electron chi connectivity index (χ0n) is 31.7. The van der Waals surface area contributed by atoms with Gasteiger partial charge in [0, 0.05) is 44.0 Å². The van der Waals surface area contributed by atoms with Gasteiger partial charge in [-0.25, -0.2) is 9.59 Å². The molecule has 9 rings (SSSR count). The lowest BCUT2D eigenvalue weighted by Crippen LogP contribution is -2.45. The fraction of sp³-hybridized carbons (Fsp3) is 0.385. The zero-order chi connectivity index (χ0) is 41.5. The molecule has 0 radical (unpaired) electrons. The van der Waals surface area contributed by atoms with Crippen LogP contribution in [-0.2, 0) is 28.9 Å². The zero-order valence-corrected chi connectivity index (χ0v) is 32.5. The van der Waals surface area contributed by atoms with Crippen LogP contribution in [0.5, 0.6) is 6.01 Å². The average molecular weight is 828 g/mol. The van der Waals surface area contributed by atoms with Gasteiger partial charge in [-0.3, -0.25) is 4.79 Å². The Hall–Kier alpha value is -5.88. The van der Waals surface area contributed by atoms with Crippen LogP contribution in [0, 0.1) is 12.3 Å². The molecule has 4 aliphatic heterocycles. The molecule has 2 atom stereocenters. The number of anilines is 3. The van der Waals surface area contributed by atoms with Crippen LogP contribution in [0.4, 0.5) is 35.5 Å². The summed E-state index contributed by atoms with van der Waals surface area (Å²) in [6.45, 7) is 6.07. The molecule has 0 fully saturated rings. The SMILES string of the molecule is Cc1oc(=O)oc1COC(=O)N1CCCOC2C=CC(=CC2Cl)CNc2nc(nc(OCc3ccc(C(F)(F)F)cc3)n2)Nc2ccc(cc2)C(=O)NCC(C)(C)C1. The van der Waals surface area contributed by atoms with E-state index in [0.717, 1.165) is 17.7 Å². The monoisotopic (exact) mass is 827 g/mol. The molecule has 4 aromatic rings. The number of aryl methyl sites for hydroxylation is 1. The third-order valence-corrected chi connectivity index (χ3v) is 9.33. The van der Waals surface area contributed by atoms with Gasteiger partial charge in [0.15, 0.2) is 18.1 Å². The number of benzene rings is 2. The summed E-state index contributed by atoms with van der Waals surface area (Å²) in [5.74, 6) is -0.694. The van der Waals surface area contributed by atoms with E-state index in [1.165, 1.54) is 24.0 Å². The van der Waals surface area contributed by atoms with E-state index < -0.39 is 40.6 Å². The Kier molecular flexibility index (Phi) is 13.1. The van der Waals surface area contributed by atoms with E-state index >= 15 is 0 Å². The smallest absolute Gasteiger partial charge is 0.458 e. The van der Waals surface area contributed by atoms with Gasteiger partial charge in [-0.1, -0.05) is 44.2 Å². The number of ether oxygens (including phenoxy) is 3. The summed E-state index contributed by atoms with van der Waals surface area (Å²) in [5.41, 5.74) is 0.789. The highest BCUT2D eigenvalue weighted by Crippen LogP contribution is 2.29. The molecule has 0 spiro atoms. The van der Waals surface area contributed by atoms with E-state index in [2.05, 4.69) is 30.9 Å². The van der Waals surface area contributed by atoms with Crippen molar-refractivity contribution in [1.82, 2.24) is 25.2 Å². The van der Waals surface area contributed by atoms with Crippen LogP contribution in [-0.4, -0.2) is 76.1 Å². The highest BCUT2D eigenvalue weighted by molar-refractivity contribution is 6.22. The highest BCUT2D eigenvalue weighted by Gasteiger charge is 2.30. The summed E-state index contributed by atoms with van der Waals surface area (Å²) in [6, 6.07) is 11.0. The minimum Gasteiger partial charge on any atom is -0.458 e. The van der Waals surface area contributed by atoms with E-state index in [9.17, 15) is 27.6 Å². The van der Waals surface area contributed by atoms with Crippen LogP contribution in [0.1, 0.15) is 53.3 Å². The van der Waals surface area contributed by atoms with Gasteiger partial charge in [0.05, 0.1) is 17.0 Å². The average Bonchev–Trinajstić information content (AvgIpc) is 3.51. The van der Waals surface area contributed by atoms with Crippen molar-refractivity contribution in [2.75, 3.05) is 43.4 Å². The molecule has 6 bridgehead atoms. The molecule has 2 aromatic heterocycles. The van der Waals surface area contributed by atoms with Crippen LogP contribution < -0.4 is 26.5 Å². The molecule has 0 saturated heterocycles. The molecule has 1 aliphatic carbocycles. The van der Waals surface area contributed by atoms with Crippen molar-refractivity contribution >= 4 is 41.2 Å². The van der Waals surface area contributed by atoms with E-state index in [1.807, 2.05) is 32.1 Å². The van der Waals surface area contributed by atoms with Crippen molar-refractivity contribution in [3.63, 3.8) is 0 Å². The quantitative estimate of drug-likeness (QED) is 0.180. The van der Waals surface area contributed by atoms with Gasteiger partial charge in [0.2, 0.25) is 11.9 Å². The van der Waals surface area contributed by atoms with Gasteiger partial charge in [0.1, 0.15) is 6.61 Å². The third-order valence-electron chi connectivity index (χ3n) is 8.95. The first-order valence-electron chi connectivity index (χ1n) is 18.2. The van der Waals surface area contributed by atoms with Crippen molar-refractivity contribution in [1.29, 1.82) is 0 Å². The maximum Gasteiger partial charge on any atom is 0.519 e. The molecule has 2 unspecified atom stereocenters. The molecule has 19 heteroatoms. The molecule has 308 valence electrons.